The summed E-state index contributed by atoms with van der Waals surface area (Å²) in [5.74, 6) is -0.592. The number of amides is 1. The van der Waals surface area contributed by atoms with E-state index in [1.807, 2.05) is 31.2 Å². The van der Waals surface area contributed by atoms with Crippen molar-refractivity contribution < 1.29 is 26.4 Å². The summed E-state index contributed by atoms with van der Waals surface area (Å²) in [7, 11) is -4.29. The molecule has 146 valence electrons. The number of benzene rings is 2. The minimum absolute atomic E-state index is 0.203. The predicted molar refractivity (Wildman–Crippen MR) is 94.3 cm³/mol. The molecule has 0 heterocycles. The maximum Gasteiger partial charge on any atom is 0.416 e. The molecule has 1 atom stereocenters. The van der Waals surface area contributed by atoms with Gasteiger partial charge in [-0.3, -0.25) is 4.79 Å². The summed E-state index contributed by atoms with van der Waals surface area (Å²) in [6.07, 6.45) is -4.66. The van der Waals surface area contributed by atoms with Gasteiger partial charge in [0, 0.05) is 6.54 Å². The molecule has 0 saturated heterocycles. The summed E-state index contributed by atoms with van der Waals surface area (Å²) >= 11 is 0. The van der Waals surface area contributed by atoms with Crippen LogP contribution in [0.1, 0.15) is 23.6 Å². The fourth-order valence-electron chi connectivity index (χ4n) is 2.24. The van der Waals surface area contributed by atoms with E-state index in [1.54, 1.807) is 0 Å². The highest BCUT2D eigenvalue weighted by atomic mass is 32.2. The van der Waals surface area contributed by atoms with Crippen LogP contribution in [0, 0.1) is 6.92 Å². The third-order valence-corrected chi connectivity index (χ3v) is 5.32. The molecule has 0 spiro atoms. The van der Waals surface area contributed by atoms with E-state index < -0.39 is 38.6 Å². The van der Waals surface area contributed by atoms with Crippen LogP contribution in [-0.4, -0.2) is 20.4 Å². The van der Waals surface area contributed by atoms with Crippen LogP contribution in [0.4, 0.5) is 13.2 Å². The highest BCUT2D eigenvalue weighted by Gasteiger charge is 2.32. The van der Waals surface area contributed by atoms with Crippen LogP contribution in [0.5, 0.6) is 0 Å². The van der Waals surface area contributed by atoms with E-state index in [1.165, 1.54) is 6.92 Å². The first kappa shape index (κ1) is 20.9. The zero-order valence-corrected chi connectivity index (χ0v) is 15.5. The second kappa shape index (κ2) is 8.10. The molecule has 0 bridgehead atoms. The van der Waals surface area contributed by atoms with Gasteiger partial charge >= 0.3 is 6.18 Å². The van der Waals surface area contributed by atoms with Crippen molar-refractivity contribution in [2.24, 2.45) is 0 Å². The van der Waals surface area contributed by atoms with Crippen LogP contribution < -0.4 is 10.0 Å². The number of aryl methyl sites for hydroxylation is 1. The Morgan fingerprint density at radius 1 is 1.11 bits per heavy atom. The third-order valence-electron chi connectivity index (χ3n) is 3.78. The summed E-state index contributed by atoms with van der Waals surface area (Å²) in [6, 6.07) is 9.59. The van der Waals surface area contributed by atoms with E-state index in [2.05, 4.69) is 10.0 Å². The second-order valence-corrected chi connectivity index (χ2v) is 7.79. The summed E-state index contributed by atoms with van der Waals surface area (Å²) in [4.78, 5) is 11.5. The minimum atomic E-state index is -4.66. The van der Waals surface area contributed by atoms with Crippen molar-refractivity contribution in [1.29, 1.82) is 0 Å². The molecule has 1 unspecified atom stereocenters. The standard InChI is InChI=1S/C18H19F3N2O3S/c1-12-6-8-14(9-7-12)11-22-17(24)13(2)23-27(25,26)16-5-3-4-15(10-16)18(19,20)21/h3-10,13,23H,11H2,1-2H3,(H,22,24). The van der Waals surface area contributed by atoms with Gasteiger partial charge in [0.2, 0.25) is 15.9 Å². The summed E-state index contributed by atoms with van der Waals surface area (Å²) in [5.41, 5.74) is 0.816. The lowest BCUT2D eigenvalue weighted by Gasteiger charge is -2.15. The predicted octanol–water partition coefficient (Wildman–Crippen LogP) is 3.00. The minimum Gasteiger partial charge on any atom is -0.351 e. The van der Waals surface area contributed by atoms with E-state index in [-0.39, 0.29) is 6.54 Å². The number of alkyl halides is 3. The summed E-state index contributed by atoms with van der Waals surface area (Å²) in [6.45, 7) is 3.44. The molecular weight excluding hydrogens is 381 g/mol. The number of carbonyl (C=O) groups is 1. The van der Waals surface area contributed by atoms with E-state index in [9.17, 15) is 26.4 Å². The Labute approximate surface area is 155 Å². The van der Waals surface area contributed by atoms with Gasteiger partial charge < -0.3 is 5.32 Å². The molecule has 0 aliphatic rings. The lowest BCUT2D eigenvalue weighted by Crippen LogP contribution is -2.44. The van der Waals surface area contributed by atoms with Crippen molar-refractivity contribution in [2.75, 3.05) is 0 Å². The first-order valence-corrected chi connectivity index (χ1v) is 9.50. The second-order valence-electron chi connectivity index (χ2n) is 6.07. The molecule has 0 radical (unpaired) electrons. The Kier molecular flexibility index (Phi) is 6.27. The smallest absolute Gasteiger partial charge is 0.351 e. The Morgan fingerprint density at radius 3 is 2.33 bits per heavy atom. The zero-order valence-electron chi connectivity index (χ0n) is 14.7. The summed E-state index contributed by atoms with van der Waals surface area (Å²) in [5, 5.41) is 2.58. The van der Waals surface area contributed by atoms with E-state index in [0.717, 1.165) is 29.3 Å². The largest absolute Gasteiger partial charge is 0.416 e. The highest BCUT2D eigenvalue weighted by Crippen LogP contribution is 2.30. The number of rotatable bonds is 6. The van der Waals surface area contributed by atoms with Gasteiger partial charge in [0.05, 0.1) is 16.5 Å². The fourth-order valence-corrected chi connectivity index (χ4v) is 3.49. The Hall–Kier alpha value is -2.39. The molecule has 0 fully saturated rings. The van der Waals surface area contributed by atoms with Gasteiger partial charge in [0.25, 0.3) is 0 Å². The Morgan fingerprint density at radius 2 is 1.74 bits per heavy atom. The van der Waals surface area contributed by atoms with Crippen molar-refractivity contribution in [2.45, 2.75) is 37.5 Å². The molecule has 0 saturated carbocycles. The molecule has 27 heavy (non-hydrogen) atoms. The molecule has 2 rings (SSSR count). The maximum atomic E-state index is 12.8. The number of nitrogens with one attached hydrogen (secondary N) is 2. The van der Waals surface area contributed by atoms with Crippen LogP contribution in [0.25, 0.3) is 0 Å². The van der Waals surface area contributed by atoms with Gasteiger partial charge in [0.1, 0.15) is 0 Å². The molecule has 0 aromatic heterocycles. The van der Waals surface area contributed by atoms with E-state index in [0.29, 0.717) is 6.07 Å². The molecule has 2 aromatic rings. The van der Waals surface area contributed by atoms with E-state index in [4.69, 9.17) is 0 Å². The Balaban J connectivity index is 2.03. The van der Waals surface area contributed by atoms with Crippen molar-refractivity contribution in [3.63, 3.8) is 0 Å². The number of sulfonamides is 1. The molecule has 1 amide bonds. The number of carbonyl (C=O) groups excluding carboxylic acids is 1. The molecule has 0 aliphatic carbocycles. The van der Waals surface area contributed by atoms with Gasteiger partial charge in [-0.25, -0.2) is 8.42 Å². The number of hydrogen-bond acceptors (Lipinski definition) is 3. The highest BCUT2D eigenvalue weighted by molar-refractivity contribution is 7.89. The van der Waals surface area contributed by atoms with Crippen molar-refractivity contribution in [3.8, 4) is 0 Å². The van der Waals surface area contributed by atoms with Crippen LogP contribution in [-0.2, 0) is 27.5 Å². The Bertz CT molecular complexity index is 910. The molecule has 5 nitrogen and oxygen atoms in total. The summed E-state index contributed by atoms with van der Waals surface area (Å²) < 4.78 is 64.9. The van der Waals surface area contributed by atoms with Gasteiger partial charge in [0.15, 0.2) is 0 Å². The SMILES string of the molecule is Cc1ccc(CNC(=O)C(C)NS(=O)(=O)c2cccc(C(F)(F)F)c2)cc1. The lowest BCUT2D eigenvalue weighted by atomic mass is 10.1. The molecule has 2 aromatic carbocycles. The van der Waals surface area contributed by atoms with E-state index >= 15 is 0 Å². The van der Waals surface area contributed by atoms with Crippen LogP contribution in [0.2, 0.25) is 0 Å². The molecule has 9 heteroatoms. The lowest BCUT2D eigenvalue weighted by molar-refractivity contribution is -0.137. The monoisotopic (exact) mass is 400 g/mol. The van der Waals surface area contributed by atoms with Gasteiger partial charge in [-0.2, -0.15) is 17.9 Å². The van der Waals surface area contributed by atoms with Gasteiger partial charge in [-0.1, -0.05) is 35.9 Å². The maximum absolute atomic E-state index is 12.8. The zero-order chi connectivity index (χ0) is 20.2. The van der Waals surface area contributed by atoms with Crippen LogP contribution in [0.3, 0.4) is 0 Å². The van der Waals surface area contributed by atoms with Gasteiger partial charge in [-0.15, -0.1) is 0 Å². The number of halogens is 3. The van der Waals surface area contributed by atoms with Crippen LogP contribution in [0.15, 0.2) is 53.4 Å². The molecule has 0 aliphatic heterocycles. The van der Waals surface area contributed by atoms with Crippen molar-refractivity contribution in [1.82, 2.24) is 10.0 Å². The topological polar surface area (TPSA) is 75.3 Å². The van der Waals surface area contributed by atoms with Crippen molar-refractivity contribution >= 4 is 15.9 Å². The third kappa shape index (κ3) is 5.80. The average Bonchev–Trinajstić information content (AvgIpc) is 2.60. The average molecular weight is 400 g/mol. The quantitative estimate of drug-likeness (QED) is 0.783. The van der Waals surface area contributed by atoms with Gasteiger partial charge in [-0.05, 0) is 37.6 Å². The first-order chi connectivity index (χ1) is 12.5. The fraction of sp³-hybridized carbons (Fsp3) is 0.278. The van der Waals surface area contributed by atoms with Crippen molar-refractivity contribution in [3.05, 3.63) is 65.2 Å². The number of hydrogen-bond donors (Lipinski definition) is 2. The normalized spacial score (nSPS) is 13.2. The molecular formula is C18H19F3N2O3S. The van der Waals surface area contributed by atoms with Crippen LogP contribution >= 0.6 is 0 Å². The molecule has 2 N–H and O–H groups in total. The first-order valence-electron chi connectivity index (χ1n) is 8.02.